The Morgan fingerprint density at radius 2 is 2.14 bits per heavy atom. The Morgan fingerprint density at radius 3 is 2.95 bits per heavy atom. The summed E-state index contributed by atoms with van der Waals surface area (Å²) in [5, 5.41) is 4.68. The summed E-state index contributed by atoms with van der Waals surface area (Å²) in [6.07, 6.45) is 0.986. The van der Waals surface area contributed by atoms with Gasteiger partial charge >= 0.3 is 0 Å². The van der Waals surface area contributed by atoms with Crippen LogP contribution in [0.3, 0.4) is 0 Å². The maximum absolute atomic E-state index is 12.4. The smallest absolute Gasteiger partial charge is 0.256 e. The summed E-state index contributed by atoms with van der Waals surface area (Å²) < 4.78 is 5.47. The van der Waals surface area contributed by atoms with Crippen molar-refractivity contribution in [2.75, 3.05) is 25.0 Å². The van der Waals surface area contributed by atoms with E-state index < -0.39 is 6.10 Å². The van der Waals surface area contributed by atoms with Gasteiger partial charge in [0.25, 0.3) is 5.91 Å². The van der Waals surface area contributed by atoms with Gasteiger partial charge < -0.3 is 15.0 Å². The molecule has 1 N–H and O–H groups in total. The summed E-state index contributed by atoms with van der Waals surface area (Å²) in [6.45, 7) is 2.64. The number of anilines is 1. The molecule has 1 unspecified atom stereocenters. The molecule has 1 saturated heterocycles. The zero-order valence-electron chi connectivity index (χ0n) is 12.3. The molecule has 0 aliphatic carbocycles. The van der Waals surface area contributed by atoms with Crippen molar-refractivity contribution >= 4 is 28.4 Å². The Kier molecular flexibility index (Phi) is 4.02. The number of hydrogen-bond donors (Lipinski definition) is 1. The van der Waals surface area contributed by atoms with E-state index in [-0.39, 0.29) is 18.4 Å². The zero-order chi connectivity index (χ0) is 15.5. The first kappa shape index (κ1) is 14.5. The third-order valence-corrected chi connectivity index (χ3v) is 3.72. The zero-order valence-corrected chi connectivity index (χ0v) is 12.3. The Balaban J connectivity index is 1.77. The molecule has 2 aromatic rings. The van der Waals surface area contributed by atoms with Crippen LogP contribution in [-0.4, -0.2) is 47.5 Å². The molecule has 6 heteroatoms. The number of benzene rings is 1. The first-order valence-corrected chi connectivity index (χ1v) is 7.17. The SMILES string of the molecule is CC(=O)N1CCOC(C(=O)Nc2nccc3ccccc23)C1. The average Bonchev–Trinajstić information content (AvgIpc) is 2.55. The van der Waals surface area contributed by atoms with Crippen LogP contribution >= 0.6 is 0 Å². The van der Waals surface area contributed by atoms with Gasteiger partial charge in [-0.05, 0) is 11.5 Å². The Hall–Kier alpha value is -2.47. The monoisotopic (exact) mass is 299 g/mol. The summed E-state index contributed by atoms with van der Waals surface area (Å²) in [6, 6.07) is 9.58. The van der Waals surface area contributed by atoms with E-state index in [9.17, 15) is 9.59 Å². The van der Waals surface area contributed by atoms with E-state index >= 15 is 0 Å². The Bertz CT molecular complexity index is 711. The predicted octanol–water partition coefficient (Wildman–Crippen LogP) is 1.42. The van der Waals surface area contributed by atoms with Gasteiger partial charge in [-0.15, -0.1) is 0 Å². The second-order valence-corrected chi connectivity index (χ2v) is 5.19. The van der Waals surface area contributed by atoms with E-state index in [1.165, 1.54) is 6.92 Å². The maximum atomic E-state index is 12.4. The highest BCUT2D eigenvalue weighted by Gasteiger charge is 2.28. The van der Waals surface area contributed by atoms with Gasteiger partial charge in [0.15, 0.2) is 6.10 Å². The number of ether oxygens (including phenoxy) is 1. The number of carbonyl (C=O) groups excluding carboxylic acids is 2. The van der Waals surface area contributed by atoms with Crippen LogP contribution in [0.1, 0.15) is 6.92 Å². The van der Waals surface area contributed by atoms with Crippen LogP contribution in [0.5, 0.6) is 0 Å². The molecule has 0 radical (unpaired) electrons. The molecule has 1 aliphatic rings. The van der Waals surface area contributed by atoms with Crippen molar-refractivity contribution in [3.05, 3.63) is 36.5 Å². The van der Waals surface area contributed by atoms with Gasteiger partial charge in [-0.25, -0.2) is 4.98 Å². The molecule has 22 heavy (non-hydrogen) atoms. The maximum Gasteiger partial charge on any atom is 0.256 e. The molecule has 2 amide bonds. The van der Waals surface area contributed by atoms with Crippen LogP contribution < -0.4 is 5.32 Å². The third kappa shape index (κ3) is 2.92. The van der Waals surface area contributed by atoms with Gasteiger partial charge in [0.2, 0.25) is 5.91 Å². The van der Waals surface area contributed by atoms with Gasteiger partial charge in [-0.1, -0.05) is 24.3 Å². The lowest BCUT2D eigenvalue weighted by atomic mass is 10.1. The lowest BCUT2D eigenvalue weighted by Crippen LogP contribution is -2.49. The molecule has 1 atom stereocenters. The molecular weight excluding hydrogens is 282 g/mol. The largest absolute Gasteiger partial charge is 0.365 e. The van der Waals surface area contributed by atoms with Gasteiger partial charge in [-0.2, -0.15) is 0 Å². The van der Waals surface area contributed by atoms with Crippen LogP contribution in [0.25, 0.3) is 10.8 Å². The number of nitrogens with zero attached hydrogens (tertiary/aromatic N) is 2. The van der Waals surface area contributed by atoms with Gasteiger partial charge in [-0.3, -0.25) is 9.59 Å². The topological polar surface area (TPSA) is 71.5 Å². The van der Waals surface area contributed by atoms with Crippen molar-refractivity contribution < 1.29 is 14.3 Å². The number of fused-ring (bicyclic) bond motifs is 1. The summed E-state index contributed by atoms with van der Waals surface area (Å²) >= 11 is 0. The van der Waals surface area contributed by atoms with Crippen molar-refractivity contribution in [3.63, 3.8) is 0 Å². The van der Waals surface area contributed by atoms with Crippen LogP contribution in [0.2, 0.25) is 0 Å². The molecular formula is C16H17N3O3. The molecule has 2 heterocycles. The lowest BCUT2D eigenvalue weighted by Gasteiger charge is -2.31. The Labute approximate surface area is 128 Å². The van der Waals surface area contributed by atoms with Crippen molar-refractivity contribution in [3.8, 4) is 0 Å². The van der Waals surface area contributed by atoms with Crippen molar-refractivity contribution in [1.29, 1.82) is 0 Å². The molecule has 1 aliphatic heterocycles. The highest BCUT2D eigenvalue weighted by atomic mass is 16.5. The number of aromatic nitrogens is 1. The minimum Gasteiger partial charge on any atom is -0.365 e. The quantitative estimate of drug-likeness (QED) is 0.910. The summed E-state index contributed by atoms with van der Waals surface area (Å²) in [7, 11) is 0. The molecule has 1 aromatic heterocycles. The molecule has 6 nitrogen and oxygen atoms in total. The fourth-order valence-corrected chi connectivity index (χ4v) is 2.51. The Morgan fingerprint density at radius 1 is 1.32 bits per heavy atom. The van der Waals surface area contributed by atoms with Crippen molar-refractivity contribution in [1.82, 2.24) is 9.88 Å². The van der Waals surface area contributed by atoms with Crippen molar-refractivity contribution in [2.45, 2.75) is 13.0 Å². The molecule has 114 valence electrons. The summed E-state index contributed by atoms with van der Waals surface area (Å²) in [5.74, 6) is 0.172. The van der Waals surface area contributed by atoms with E-state index in [4.69, 9.17) is 4.74 Å². The molecule has 1 fully saturated rings. The van der Waals surface area contributed by atoms with Crippen LogP contribution in [0.15, 0.2) is 36.5 Å². The molecule has 0 saturated carbocycles. The first-order valence-electron chi connectivity index (χ1n) is 7.17. The lowest BCUT2D eigenvalue weighted by molar-refractivity contribution is -0.143. The number of morpholine rings is 1. The van der Waals surface area contributed by atoms with Crippen LogP contribution in [-0.2, 0) is 14.3 Å². The minimum atomic E-state index is -0.668. The van der Waals surface area contributed by atoms with Gasteiger partial charge in [0.05, 0.1) is 13.2 Å². The highest BCUT2D eigenvalue weighted by molar-refractivity contribution is 6.02. The van der Waals surface area contributed by atoms with Crippen LogP contribution in [0.4, 0.5) is 5.82 Å². The number of amides is 2. The molecule has 1 aromatic carbocycles. The molecule has 0 bridgehead atoms. The standard InChI is InChI=1S/C16H17N3O3/c1-11(20)19-8-9-22-14(10-19)16(21)18-15-13-5-3-2-4-12(13)6-7-17-15/h2-7,14H,8-10H2,1H3,(H,17,18,21). The van der Waals surface area contributed by atoms with E-state index in [0.717, 1.165) is 10.8 Å². The number of rotatable bonds is 2. The van der Waals surface area contributed by atoms with Crippen molar-refractivity contribution in [2.24, 2.45) is 0 Å². The normalized spacial score (nSPS) is 18.2. The average molecular weight is 299 g/mol. The second-order valence-electron chi connectivity index (χ2n) is 5.19. The summed E-state index contributed by atoms with van der Waals surface area (Å²) in [4.78, 5) is 29.6. The molecule has 3 rings (SSSR count). The highest BCUT2D eigenvalue weighted by Crippen LogP contribution is 2.21. The fraction of sp³-hybridized carbons (Fsp3) is 0.312. The van der Waals surface area contributed by atoms with Gasteiger partial charge in [0, 0.05) is 25.1 Å². The first-order chi connectivity index (χ1) is 10.6. The van der Waals surface area contributed by atoms with E-state index in [1.807, 2.05) is 30.3 Å². The van der Waals surface area contributed by atoms with E-state index in [0.29, 0.717) is 19.0 Å². The second kappa shape index (κ2) is 6.11. The van der Waals surface area contributed by atoms with E-state index in [1.54, 1.807) is 11.1 Å². The van der Waals surface area contributed by atoms with E-state index in [2.05, 4.69) is 10.3 Å². The number of nitrogens with one attached hydrogen (secondary N) is 1. The minimum absolute atomic E-state index is 0.0515. The fourth-order valence-electron chi connectivity index (χ4n) is 2.51. The molecule has 0 spiro atoms. The van der Waals surface area contributed by atoms with Crippen LogP contribution in [0, 0.1) is 0 Å². The number of carbonyl (C=O) groups is 2. The predicted molar refractivity (Wildman–Crippen MR) is 82.4 cm³/mol. The third-order valence-electron chi connectivity index (χ3n) is 3.72. The summed E-state index contributed by atoms with van der Waals surface area (Å²) in [5.41, 5.74) is 0. The number of pyridine rings is 1. The number of hydrogen-bond acceptors (Lipinski definition) is 4. The van der Waals surface area contributed by atoms with Gasteiger partial charge in [0.1, 0.15) is 5.82 Å².